The first-order chi connectivity index (χ1) is 8.47. The third kappa shape index (κ3) is 3.27. The van der Waals surface area contributed by atoms with Gasteiger partial charge in [-0.3, -0.25) is 14.9 Å². The Morgan fingerprint density at radius 1 is 1.56 bits per heavy atom. The average molecular weight is 252 g/mol. The van der Waals surface area contributed by atoms with Crippen molar-refractivity contribution >= 4 is 11.7 Å². The van der Waals surface area contributed by atoms with Gasteiger partial charge in [-0.25, -0.2) is 0 Å². The minimum absolute atomic E-state index is 0.0834. The number of nitrogens with zero attached hydrogens (tertiary/aromatic N) is 1. The molecule has 0 saturated carbocycles. The van der Waals surface area contributed by atoms with E-state index in [4.69, 9.17) is 0 Å². The Morgan fingerprint density at radius 2 is 2.22 bits per heavy atom. The number of rotatable bonds is 5. The van der Waals surface area contributed by atoms with Gasteiger partial charge in [0.1, 0.15) is 6.04 Å². The van der Waals surface area contributed by atoms with Gasteiger partial charge in [0.15, 0.2) is 0 Å². The third-order valence-corrected chi connectivity index (χ3v) is 2.77. The van der Waals surface area contributed by atoms with Crippen molar-refractivity contribution in [1.29, 1.82) is 0 Å². The second-order valence-corrected chi connectivity index (χ2v) is 3.94. The van der Waals surface area contributed by atoms with Crippen LogP contribution in [0, 0.1) is 17.0 Å². The quantitative estimate of drug-likeness (QED) is 0.488. The van der Waals surface area contributed by atoms with Crippen molar-refractivity contribution in [2.24, 2.45) is 0 Å². The van der Waals surface area contributed by atoms with Crippen LogP contribution in [0.3, 0.4) is 0 Å². The molecule has 18 heavy (non-hydrogen) atoms. The first kappa shape index (κ1) is 14.1. The summed E-state index contributed by atoms with van der Waals surface area (Å²) in [6.45, 7) is 3.75. The zero-order valence-corrected chi connectivity index (χ0v) is 10.6. The van der Waals surface area contributed by atoms with Crippen LogP contribution >= 0.6 is 0 Å². The fourth-order valence-electron chi connectivity index (χ4n) is 1.58. The number of ether oxygens (including phenoxy) is 1. The molecule has 0 heterocycles. The van der Waals surface area contributed by atoms with Crippen LogP contribution in [0.15, 0.2) is 18.2 Å². The maximum absolute atomic E-state index is 11.2. The van der Waals surface area contributed by atoms with Crippen LogP contribution in [0.5, 0.6) is 0 Å². The molecule has 0 radical (unpaired) electrons. The Morgan fingerprint density at radius 3 is 2.78 bits per heavy atom. The summed E-state index contributed by atoms with van der Waals surface area (Å²) >= 11 is 0. The lowest BCUT2D eigenvalue weighted by molar-refractivity contribution is -0.385. The topological polar surface area (TPSA) is 81.5 Å². The average Bonchev–Trinajstić information content (AvgIpc) is 2.35. The van der Waals surface area contributed by atoms with Crippen LogP contribution in [0.2, 0.25) is 0 Å². The molecule has 0 aliphatic heterocycles. The lowest BCUT2D eigenvalue weighted by atomic mass is 10.1. The van der Waals surface area contributed by atoms with Gasteiger partial charge in [0.2, 0.25) is 0 Å². The van der Waals surface area contributed by atoms with E-state index in [2.05, 4.69) is 10.1 Å². The molecule has 1 rings (SSSR count). The molecule has 1 aromatic carbocycles. The summed E-state index contributed by atoms with van der Waals surface area (Å²) in [5, 5.41) is 13.7. The molecule has 6 nitrogen and oxygen atoms in total. The highest BCUT2D eigenvalue weighted by Gasteiger charge is 2.15. The summed E-state index contributed by atoms with van der Waals surface area (Å²) in [4.78, 5) is 21.6. The Balaban J connectivity index is 2.77. The number of esters is 1. The molecule has 6 heteroatoms. The molecule has 1 aromatic rings. The molecule has 0 amide bonds. The predicted octanol–water partition coefficient (Wildman–Crippen LogP) is 1.55. The first-order valence-electron chi connectivity index (χ1n) is 5.51. The van der Waals surface area contributed by atoms with E-state index < -0.39 is 11.0 Å². The summed E-state index contributed by atoms with van der Waals surface area (Å²) in [6.07, 6.45) is 0. The van der Waals surface area contributed by atoms with Gasteiger partial charge in [-0.2, -0.15) is 0 Å². The zero-order chi connectivity index (χ0) is 13.7. The zero-order valence-electron chi connectivity index (χ0n) is 10.6. The Hall–Kier alpha value is -1.95. The highest BCUT2D eigenvalue weighted by Crippen LogP contribution is 2.20. The van der Waals surface area contributed by atoms with Crippen molar-refractivity contribution in [1.82, 2.24) is 5.32 Å². The van der Waals surface area contributed by atoms with Gasteiger partial charge in [-0.15, -0.1) is 0 Å². The number of carbonyl (C=O) groups excluding carboxylic acids is 1. The number of benzene rings is 1. The van der Waals surface area contributed by atoms with Crippen molar-refractivity contribution in [2.45, 2.75) is 26.4 Å². The number of hydrogen-bond acceptors (Lipinski definition) is 5. The fraction of sp³-hybridized carbons (Fsp3) is 0.417. The van der Waals surface area contributed by atoms with E-state index in [0.717, 1.165) is 5.56 Å². The molecular formula is C12H16N2O4. The minimum Gasteiger partial charge on any atom is -0.468 e. The van der Waals surface area contributed by atoms with Crippen LogP contribution in [0.1, 0.15) is 18.1 Å². The second kappa shape index (κ2) is 6.11. The van der Waals surface area contributed by atoms with E-state index >= 15 is 0 Å². The number of nitro benzene ring substituents is 1. The van der Waals surface area contributed by atoms with Gasteiger partial charge in [0.05, 0.1) is 12.0 Å². The molecule has 98 valence electrons. The third-order valence-electron chi connectivity index (χ3n) is 2.77. The molecule has 1 atom stereocenters. The molecule has 0 aromatic heterocycles. The van der Waals surface area contributed by atoms with E-state index in [-0.39, 0.29) is 11.7 Å². The van der Waals surface area contributed by atoms with Crippen LogP contribution in [-0.2, 0) is 16.1 Å². The molecule has 1 N–H and O–H groups in total. The molecule has 0 bridgehead atoms. The molecule has 0 aliphatic carbocycles. The Bertz CT molecular complexity index is 459. The summed E-state index contributed by atoms with van der Waals surface area (Å²) in [5.74, 6) is -0.363. The van der Waals surface area contributed by atoms with Crippen molar-refractivity contribution in [3.63, 3.8) is 0 Å². The normalized spacial score (nSPS) is 11.9. The summed E-state index contributed by atoms with van der Waals surface area (Å²) in [7, 11) is 1.32. The van der Waals surface area contributed by atoms with E-state index in [1.54, 1.807) is 26.0 Å². The maximum atomic E-state index is 11.2. The summed E-state index contributed by atoms with van der Waals surface area (Å²) < 4.78 is 4.58. The molecule has 0 fully saturated rings. The number of carbonyl (C=O) groups is 1. The van der Waals surface area contributed by atoms with Crippen molar-refractivity contribution in [2.75, 3.05) is 7.11 Å². The lowest BCUT2D eigenvalue weighted by Crippen LogP contribution is -2.34. The first-order valence-corrected chi connectivity index (χ1v) is 5.51. The van der Waals surface area contributed by atoms with E-state index in [0.29, 0.717) is 12.1 Å². The van der Waals surface area contributed by atoms with Gasteiger partial charge in [0.25, 0.3) is 5.69 Å². The maximum Gasteiger partial charge on any atom is 0.322 e. The van der Waals surface area contributed by atoms with Gasteiger partial charge in [-0.05, 0) is 19.4 Å². The van der Waals surface area contributed by atoms with Crippen LogP contribution in [0.4, 0.5) is 5.69 Å². The largest absolute Gasteiger partial charge is 0.468 e. The highest BCUT2D eigenvalue weighted by molar-refractivity contribution is 5.75. The van der Waals surface area contributed by atoms with Crippen molar-refractivity contribution in [3.05, 3.63) is 39.4 Å². The number of nitrogens with one attached hydrogen (secondary N) is 1. The standard InChI is InChI=1S/C12H16N2O4/c1-8-10(5-4-6-11(8)14(16)17)7-13-9(2)12(15)18-3/h4-6,9,13H,7H2,1-3H3. The van der Waals surface area contributed by atoms with Gasteiger partial charge >= 0.3 is 5.97 Å². The molecule has 1 unspecified atom stereocenters. The molecule has 0 saturated heterocycles. The minimum atomic E-state index is -0.450. The summed E-state index contributed by atoms with van der Waals surface area (Å²) in [6, 6.07) is 4.43. The van der Waals surface area contributed by atoms with Gasteiger partial charge < -0.3 is 10.1 Å². The fourth-order valence-corrected chi connectivity index (χ4v) is 1.58. The lowest BCUT2D eigenvalue weighted by Gasteiger charge is -2.12. The Kier molecular flexibility index (Phi) is 4.79. The SMILES string of the molecule is COC(=O)C(C)NCc1cccc([N+](=O)[O-])c1C. The van der Waals surface area contributed by atoms with E-state index in [9.17, 15) is 14.9 Å². The van der Waals surface area contributed by atoms with E-state index in [1.807, 2.05) is 0 Å². The van der Waals surface area contributed by atoms with Crippen LogP contribution in [0.25, 0.3) is 0 Å². The molecule has 0 aliphatic rings. The number of hydrogen-bond donors (Lipinski definition) is 1. The van der Waals surface area contributed by atoms with Crippen molar-refractivity contribution in [3.8, 4) is 0 Å². The van der Waals surface area contributed by atoms with Crippen molar-refractivity contribution < 1.29 is 14.5 Å². The van der Waals surface area contributed by atoms with Gasteiger partial charge in [0, 0.05) is 18.2 Å². The van der Waals surface area contributed by atoms with E-state index in [1.165, 1.54) is 13.2 Å². The number of methoxy groups -OCH3 is 1. The second-order valence-electron chi connectivity index (χ2n) is 3.94. The van der Waals surface area contributed by atoms with Crippen LogP contribution < -0.4 is 5.32 Å². The monoisotopic (exact) mass is 252 g/mol. The highest BCUT2D eigenvalue weighted by atomic mass is 16.6. The molecular weight excluding hydrogens is 236 g/mol. The predicted molar refractivity (Wildman–Crippen MR) is 66.2 cm³/mol. The van der Waals surface area contributed by atoms with Gasteiger partial charge in [-0.1, -0.05) is 12.1 Å². The summed E-state index contributed by atoms with van der Waals surface area (Å²) in [5.41, 5.74) is 1.48. The molecule has 0 spiro atoms. The Labute approximate surface area is 105 Å². The number of nitro groups is 1. The smallest absolute Gasteiger partial charge is 0.322 e. The van der Waals surface area contributed by atoms with Crippen LogP contribution in [-0.4, -0.2) is 24.0 Å².